The third-order valence-electron chi connectivity index (χ3n) is 7.82. The van der Waals surface area contributed by atoms with E-state index in [9.17, 15) is 0 Å². The van der Waals surface area contributed by atoms with E-state index in [2.05, 4.69) is 133 Å². The van der Waals surface area contributed by atoms with Crippen LogP contribution >= 0.6 is 0 Å². The summed E-state index contributed by atoms with van der Waals surface area (Å²) < 4.78 is 9.06. The lowest BCUT2D eigenvalue weighted by Gasteiger charge is -2.22. The number of rotatable bonds is 10. The molecule has 0 aromatic heterocycles. The van der Waals surface area contributed by atoms with E-state index in [-0.39, 0.29) is 0 Å². The van der Waals surface area contributed by atoms with Crippen LogP contribution in [0.2, 0.25) is 0 Å². The Balaban J connectivity index is 1.68. The maximum Gasteiger partial charge on any atom is 0.203 e. The van der Waals surface area contributed by atoms with Crippen molar-refractivity contribution in [2.45, 2.75) is 40.8 Å². The average molecular weight is 520 g/mol. The molecular weight excluding hydrogens is 478 g/mol. The van der Waals surface area contributed by atoms with Crippen LogP contribution in [0.25, 0.3) is 33.4 Å². The van der Waals surface area contributed by atoms with Crippen LogP contribution in [0.3, 0.4) is 0 Å². The highest BCUT2D eigenvalue weighted by molar-refractivity contribution is 6.03. The van der Waals surface area contributed by atoms with Gasteiger partial charge in [-0.2, -0.15) is 0 Å². The molecule has 0 radical (unpaired) electrons. The van der Waals surface area contributed by atoms with Crippen LogP contribution in [-0.2, 0) is 13.1 Å². The minimum absolute atomic E-state index is 0.912. The first kappa shape index (κ1) is 26.7. The van der Waals surface area contributed by atoms with E-state index in [0.29, 0.717) is 0 Å². The fourth-order valence-corrected chi connectivity index (χ4v) is 5.68. The Morgan fingerprint density at radius 2 is 1.46 bits per heavy atom. The highest BCUT2D eigenvalue weighted by Crippen LogP contribution is 2.41. The van der Waals surface area contributed by atoms with E-state index in [1.807, 2.05) is 0 Å². The van der Waals surface area contributed by atoms with E-state index in [4.69, 9.17) is 4.42 Å². The molecule has 3 aromatic carbocycles. The molecule has 2 aliphatic rings. The van der Waals surface area contributed by atoms with Gasteiger partial charge in [0, 0.05) is 58.5 Å². The molecule has 200 valence electrons. The third-order valence-corrected chi connectivity index (χ3v) is 7.82. The minimum Gasteiger partial charge on any atom is -0.456 e. The quantitative estimate of drug-likeness (QED) is 0.178. The molecule has 0 bridgehead atoms. The molecule has 0 spiro atoms. The lowest BCUT2D eigenvalue weighted by Crippen LogP contribution is -2.80. The van der Waals surface area contributed by atoms with Crippen molar-refractivity contribution in [3.8, 4) is 22.5 Å². The standard InChI is InChI=1S/C35H40N3O/c1-5-37(6-2)28-18-20-31-33(22-28)39-34-23-29(38(7-3)8-4)19-21-32(34)35(31)30-17-13-12-16-27(30)25-36-24-26-14-10-9-11-15-26/h9-23,36H,5-8,24-25H2,1-4H3/q+1/p+1. The second-order valence-electron chi connectivity index (χ2n) is 10.0. The fraction of sp³-hybridized carbons (Fsp3) is 0.286. The minimum atomic E-state index is 0.912. The maximum absolute atomic E-state index is 6.69. The number of quaternary nitrogens is 1. The van der Waals surface area contributed by atoms with Crippen LogP contribution in [0.15, 0.2) is 95.4 Å². The van der Waals surface area contributed by atoms with Gasteiger partial charge in [-0.15, -0.1) is 0 Å². The van der Waals surface area contributed by atoms with E-state index < -0.39 is 0 Å². The molecule has 5 rings (SSSR count). The number of nitrogens with zero attached hydrogens (tertiary/aromatic N) is 2. The first-order chi connectivity index (χ1) is 19.2. The van der Waals surface area contributed by atoms with Gasteiger partial charge < -0.3 is 14.6 Å². The number of hydrogen-bond donors (Lipinski definition) is 1. The summed E-state index contributed by atoms with van der Waals surface area (Å²) in [5, 5.41) is 4.75. The molecule has 4 heteroatoms. The number of benzene rings is 4. The third kappa shape index (κ3) is 5.62. The van der Waals surface area contributed by atoms with Gasteiger partial charge in [-0.1, -0.05) is 54.6 Å². The van der Waals surface area contributed by atoms with Crippen LogP contribution in [0.4, 0.5) is 5.69 Å². The molecule has 0 fully saturated rings. The summed E-state index contributed by atoms with van der Waals surface area (Å²) in [5.41, 5.74) is 8.50. The highest BCUT2D eigenvalue weighted by atomic mass is 16.3. The number of fused-ring (bicyclic) bond motifs is 2. The van der Waals surface area contributed by atoms with Gasteiger partial charge in [0.15, 0.2) is 0 Å². The SMILES string of the molecule is CCN(CC)c1ccc2c(-c3ccccc3C[NH2+]Cc3ccccc3)c3ccc(=[N+](CC)CC)cc-3oc2c1. The van der Waals surface area contributed by atoms with Crippen LogP contribution in [-0.4, -0.2) is 26.2 Å². The predicted molar refractivity (Wildman–Crippen MR) is 164 cm³/mol. The van der Waals surface area contributed by atoms with Crippen molar-refractivity contribution in [3.05, 3.63) is 107 Å². The molecule has 0 saturated carbocycles. The van der Waals surface area contributed by atoms with Crippen molar-refractivity contribution in [1.29, 1.82) is 0 Å². The van der Waals surface area contributed by atoms with Crippen molar-refractivity contribution in [1.82, 2.24) is 4.58 Å². The smallest absolute Gasteiger partial charge is 0.203 e. The van der Waals surface area contributed by atoms with Crippen LogP contribution < -0.4 is 20.1 Å². The normalized spacial score (nSPS) is 11.3. The summed E-state index contributed by atoms with van der Waals surface area (Å²) in [6.45, 7) is 14.6. The summed E-state index contributed by atoms with van der Waals surface area (Å²) in [6, 6.07) is 33.0. The zero-order chi connectivity index (χ0) is 27.2. The Kier molecular flexibility index (Phi) is 8.43. The van der Waals surface area contributed by atoms with Crippen molar-refractivity contribution >= 4 is 16.7 Å². The van der Waals surface area contributed by atoms with Crippen molar-refractivity contribution < 1.29 is 9.73 Å². The van der Waals surface area contributed by atoms with E-state index >= 15 is 0 Å². The second kappa shape index (κ2) is 12.3. The van der Waals surface area contributed by atoms with Gasteiger partial charge in [0.25, 0.3) is 0 Å². The summed E-state index contributed by atoms with van der Waals surface area (Å²) >= 11 is 0. The Bertz CT molecular complexity index is 1580. The molecular formula is C35H41N3O+2. The van der Waals surface area contributed by atoms with Crippen molar-refractivity contribution in [3.63, 3.8) is 0 Å². The molecule has 0 atom stereocenters. The van der Waals surface area contributed by atoms with Gasteiger partial charge in [-0.05, 0) is 51.5 Å². The Labute approximate surface area is 232 Å². The van der Waals surface area contributed by atoms with Crippen LogP contribution in [0.5, 0.6) is 0 Å². The van der Waals surface area contributed by atoms with Gasteiger partial charge in [-0.25, -0.2) is 4.58 Å². The molecule has 0 unspecified atom stereocenters. The first-order valence-corrected chi connectivity index (χ1v) is 14.4. The molecule has 0 saturated heterocycles. The molecule has 1 aliphatic carbocycles. The Morgan fingerprint density at radius 3 is 2.21 bits per heavy atom. The molecule has 39 heavy (non-hydrogen) atoms. The van der Waals surface area contributed by atoms with E-state index in [1.165, 1.54) is 33.3 Å². The van der Waals surface area contributed by atoms with Gasteiger partial charge >= 0.3 is 0 Å². The van der Waals surface area contributed by atoms with Crippen molar-refractivity contribution in [2.24, 2.45) is 0 Å². The number of anilines is 1. The zero-order valence-electron chi connectivity index (χ0n) is 23.8. The van der Waals surface area contributed by atoms with E-state index in [1.54, 1.807) is 0 Å². The molecule has 1 aliphatic heterocycles. The second-order valence-corrected chi connectivity index (χ2v) is 10.0. The average Bonchev–Trinajstić information content (AvgIpc) is 2.98. The summed E-state index contributed by atoms with van der Waals surface area (Å²) in [6.07, 6.45) is 0. The Hall–Kier alpha value is -3.89. The van der Waals surface area contributed by atoms with E-state index in [0.717, 1.165) is 61.6 Å². The Morgan fingerprint density at radius 1 is 0.718 bits per heavy atom. The van der Waals surface area contributed by atoms with Gasteiger partial charge in [0.2, 0.25) is 5.36 Å². The molecule has 4 nitrogen and oxygen atoms in total. The number of nitrogens with two attached hydrogens (primary N) is 1. The summed E-state index contributed by atoms with van der Waals surface area (Å²) in [4.78, 5) is 2.37. The lowest BCUT2D eigenvalue weighted by atomic mass is 9.90. The monoisotopic (exact) mass is 519 g/mol. The summed E-state index contributed by atoms with van der Waals surface area (Å²) in [5.74, 6) is 0.932. The molecule has 2 N–H and O–H groups in total. The number of hydrogen-bond acceptors (Lipinski definition) is 2. The molecule has 0 amide bonds. The first-order valence-electron chi connectivity index (χ1n) is 14.4. The lowest BCUT2D eigenvalue weighted by molar-refractivity contribution is -0.686. The molecule has 1 heterocycles. The summed E-state index contributed by atoms with van der Waals surface area (Å²) in [7, 11) is 0. The topological polar surface area (TPSA) is 36.0 Å². The zero-order valence-corrected chi connectivity index (χ0v) is 23.8. The van der Waals surface area contributed by atoms with Gasteiger partial charge in [-0.3, -0.25) is 0 Å². The van der Waals surface area contributed by atoms with Gasteiger partial charge in [0.1, 0.15) is 37.5 Å². The highest BCUT2D eigenvalue weighted by Gasteiger charge is 2.21. The fourth-order valence-electron chi connectivity index (χ4n) is 5.68. The maximum atomic E-state index is 6.69. The van der Waals surface area contributed by atoms with Crippen LogP contribution in [0, 0.1) is 0 Å². The van der Waals surface area contributed by atoms with Crippen LogP contribution in [0.1, 0.15) is 38.8 Å². The predicted octanol–water partition coefficient (Wildman–Crippen LogP) is 6.13. The van der Waals surface area contributed by atoms with Gasteiger partial charge in [0.05, 0.1) is 6.07 Å². The largest absolute Gasteiger partial charge is 0.456 e. The molecule has 3 aromatic rings. The van der Waals surface area contributed by atoms with Crippen molar-refractivity contribution in [2.75, 3.05) is 31.1 Å².